The zero-order chi connectivity index (χ0) is 33.2. The molecule has 25 heteroatoms. The molecule has 0 saturated carbocycles. The first kappa shape index (κ1) is 33.3. The topological polar surface area (TPSA) is 272 Å². The number of anilines is 2. The van der Waals surface area contributed by atoms with Crippen LogP contribution in [0.2, 0.25) is 0 Å². The fraction of sp³-hybridized carbons (Fsp3) is 0.545. The van der Waals surface area contributed by atoms with Gasteiger partial charge in [-0.05, 0) is 24.0 Å². The van der Waals surface area contributed by atoms with Crippen molar-refractivity contribution in [3.8, 4) is 0 Å². The van der Waals surface area contributed by atoms with E-state index in [0.717, 1.165) is 0 Å². The van der Waals surface area contributed by atoms with Crippen molar-refractivity contribution in [3.05, 3.63) is 29.3 Å². The smallest absolute Gasteiger partial charge is 0.386 e. The highest BCUT2D eigenvalue weighted by molar-refractivity contribution is 8.44. The number of aliphatic hydroxyl groups is 1. The number of nitrogens with zero attached hydrogens (tertiary/aromatic N) is 7. The van der Waals surface area contributed by atoms with Crippen LogP contribution in [-0.4, -0.2) is 98.5 Å². The summed E-state index contributed by atoms with van der Waals surface area (Å²) in [5.74, 6) is -0.291. The van der Waals surface area contributed by atoms with Gasteiger partial charge in [0.15, 0.2) is 35.1 Å². The number of H-pyrrole nitrogens is 1. The first-order chi connectivity index (χ1) is 22.4. The number of aliphatic hydroxyl groups excluding tert-OH is 1. The lowest BCUT2D eigenvalue weighted by Crippen LogP contribution is -2.36. The Bertz CT molecular complexity index is 1980. The summed E-state index contributed by atoms with van der Waals surface area (Å²) in [7, 11) is 0. The molecular weight excluding hydrogens is 722 g/mol. The number of rotatable bonds is 4. The summed E-state index contributed by atoms with van der Waals surface area (Å²) in [4.78, 5) is 46.7. The summed E-state index contributed by atoms with van der Waals surface area (Å²) in [6.45, 7) is -9.19. The molecule has 2 bridgehead atoms. The molecule has 47 heavy (non-hydrogen) atoms. The molecule has 0 radical (unpaired) electrons. The van der Waals surface area contributed by atoms with Crippen LogP contribution < -0.4 is 17.0 Å². The minimum atomic E-state index is -4.26. The van der Waals surface area contributed by atoms with Crippen LogP contribution in [0.15, 0.2) is 23.8 Å². The number of thiol groups is 2. The fourth-order valence-electron chi connectivity index (χ4n) is 5.90. The summed E-state index contributed by atoms with van der Waals surface area (Å²) in [5, 5.41) is 11.4. The third-order valence-corrected chi connectivity index (χ3v) is 11.4. The Morgan fingerprint density at radius 3 is 2.47 bits per heavy atom. The number of nitrogens with one attached hydrogen (secondary N) is 1. The van der Waals surface area contributed by atoms with Gasteiger partial charge in [-0.1, -0.05) is 12.2 Å². The average Bonchev–Trinajstić information content (AvgIpc) is 3.76. The van der Waals surface area contributed by atoms with E-state index in [0.29, 0.717) is 12.2 Å². The Morgan fingerprint density at radius 2 is 1.70 bits per heavy atom. The Balaban J connectivity index is 1.23. The second kappa shape index (κ2) is 12.6. The number of nitrogens with two attached hydrogens (primary N) is 2. The van der Waals surface area contributed by atoms with Crippen molar-refractivity contribution in [3.63, 3.8) is 0 Å². The molecule has 0 spiro atoms. The molecule has 0 amide bonds. The second-order valence-corrected chi connectivity index (χ2v) is 16.9. The van der Waals surface area contributed by atoms with Crippen LogP contribution in [0.25, 0.3) is 22.3 Å². The molecule has 0 aliphatic carbocycles. The molecule has 10 unspecified atom stereocenters. The van der Waals surface area contributed by atoms with Crippen molar-refractivity contribution >= 4 is 84.3 Å². The van der Waals surface area contributed by atoms with Gasteiger partial charge in [-0.2, -0.15) is 17.6 Å². The molecule has 3 fully saturated rings. The quantitative estimate of drug-likeness (QED) is 0.109. The average molecular weight is 751 g/mol. The number of hydrogen-bond acceptors (Lipinski definition) is 18. The molecule has 3 saturated heterocycles. The fourth-order valence-corrected chi connectivity index (χ4v) is 9.13. The molecular formula is C22H28N10O10P2S3. The van der Waals surface area contributed by atoms with Crippen molar-refractivity contribution in [2.75, 3.05) is 30.4 Å². The van der Waals surface area contributed by atoms with E-state index in [1.807, 2.05) is 0 Å². The van der Waals surface area contributed by atoms with Crippen LogP contribution in [0.1, 0.15) is 18.9 Å². The summed E-state index contributed by atoms with van der Waals surface area (Å²) in [5.41, 5.74) is 11.7. The van der Waals surface area contributed by atoms with Crippen molar-refractivity contribution in [2.24, 2.45) is 5.92 Å². The summed E-state index contributed by atoms with van der Waals surface area (Å²) < 4.78 is 52.3. The number of fused-ring (bicyclic) bond motifs is 5. The van der Waals surface area contributed by atoms with Crippen LogP contribution in [0.4, 0.5) is 11.8 Å². The van der Waals surface area contributed by atoms with Gasteiger partial charge in [0.1, 0.15) is 36.3 Å². The predicted octanol–water partition coefficient (Wildman–Crippen LogP) is 0.288. The largest absolute Gasteiger partial charge is 0.386 e. The van der Waals surface area contributed by atoms with Gasteiger partial charge in [-0.25, -0.2) is 24.5 Å². The Morgan fingerprint density at radius 1 is 1.00 bits per heavy atom. The summed E-state index contributed by atoms with van der Waals surface area (Å²) >= 11 is 14.0. The molecule has 7 N–H and O–H groups in total. The number of ether oxygens (including phenoxy) is 2. The minimum Gasteiger partial charge on any atom is -0.386 e. The lowest BCUT2D eigenvalue weighted by atomic mass is 9.95. The van der Waals surface area contributed by atoms with Crippen LogP contribution in [0, 0.1) is 5.92 Å². The molecule has 10 atom stereocenters. The maximum Gasteiger partial charge on any atom is 0.386 e. The maximum absolute atomic E-state index is 13.8. The molecule has 4 aromatic rings. The third kappa shape index (κ3) is 6.22. The van der Waals surface area contributed by atoms with Gasteiger partial charge >= 0.3 is 13.5 Å². The van der Waals surface area contributed by atoms with Gasteiger partial charge in [-0.15, -0.1) is 0 Å². The number of nitrogen functional groups attached to an aromatic ring is 2. The van der Waals surface area contributed by atoms with Gasteiger partial charge < -0.3 is 35.5 Å². The van der Waals surface area contributed by atoms with E-state index in [1.165, 1.54) is 28.1 Å². The molecule has 0 aromatic carbocycles. The van der Waals surface area contributed by atoms with Crippen molar-refractivity contribution < 1.29 is 42.1 Å². The first-order valence-corrected chi connectivity index (χ1v) is 19.8. The molecule has 3 aliphatic rings. The summed E-state index contributed by atoms with van der Waals surface area (Å²) in [6.07, 6.45) is -3.96. The summed E-state index contributed by atoms with van der Waals surface area (Å²) in [6, 6.07) is 0. The van der Waals surface area contributed by atoms with E-state index in [9.17, 15) is 19.4 Å². The number of aromatic nitrogens is 8. The van der Waals surface area contributed by atoms with Crippen molar-refractivity contribution in [2.45, 2.75) is 49.4 Å². The van der Waals surface area contributed by atoms with E-state index in [2.05, 4.69) is 54.8 Å². The van der Waals surface area contributed by atoms with Crippen LogP contribution in [0.5, 0.6) is 0 Å². The van der Waals surface area contributed by atoms with E-state index >= 15 is 0 Å². The highest BCUT2D eigenvalue weighted by atomic mass is 32.7. The van der Waals surface area contributed by atoms with Crippen LogP contribution >= 0.6 is 38.4 Å². The normalized spacial score (nSPS) is 36.6. The van der Waals surface area contributed by atoms with Gasteiger partial charge in [-0.3, -0.25) is 32.5 Å². The molecule has 3 aliphatic heterocycles. The lowest BCUT2D eigenvalue weighted by molar-refractivity contribution is -0.0584. The lowest BCUT2D eigenvalue weighted by Gasteiger charge is -2.27. The number of imidazole rings is 2. The van der Waals surface area contributed by atoms with Gasteiger partial charge in [0.05, 0.1) is 32.0 Å². The standard InChI is InChI=1S/C22H28N10O10P2S3/c23-16-11-17(26-5-25-16)31(6-27-11)20-13(33)15-10(40-20)4-38-43(35,46)41-14-8(1-2-45)9(3-37-44(36,47)42-15)39-21(14)32-7-28-12-18(32)29-22(24)30-19(12)34/h5-10,13-15,20-21,33,45H,1-4H2,(H,35,46)(H,36,47)(H2,23,25,26)(H3,24,29,30,34). The van der Waals surface area contributed by atoms with E-state index in [-0.39, 0.29) is 40.7 Å². The second-order valence-electron chi connectivity index (χ2n) is 10.8. The van der Waals surface area contributed by atoms with Crippen LogP contribution in [0.3, 0.4) is 0 Å². The molecule has 254 valence electrons. The number of aromatic amines is 1. The third-order valence-electron chi connectivity index (χ3n) is 7.97. The monoisotopic (exact) mass is 750 g/mol. The van der Waals surface area contributed by atoms with E-state index < -0.39 is 74.6 Å². The predicted molar refractivity (Wildman–Crippen MR) is 173 cm³/mol. The molecule has 4 aromatic heterocycles. The molecule has 7 rings (SSSR count). The van der Waals surface area contributed by atoms with E-state index in [4.69, 9.17) is 50.8 Å². The van der Waals surface area contributed by atoms with Crippen LogP contribution in [-0.2, 0) is 43.9 Å². The molecule has 7 heterocycles. The Kier molecular flexibility index (Phi) is 8.90. The van der Waals surface area contributed by atoms with Gasteiger partial charge in [0.2, 0.25) is 5.95 Å². The number of hydrogen-bond donors (Lipinski definition) is 7. The highest BCUT2D eigenvalue weighted by Crippen LogP contribution is 2.59. The Hall–Kier alpha value is -2.24. The Labute approximate surface area is 279 Å². The first-order valence-electron chi connectivity index (χ1n) is 13.9. The SMILES string of the molecule is Nc1nc2c(ncn2C2OC3COP(O)(=S)OC4C(COP(=O)(S)OC2C3CCS)OC(n2cnc3c(N)ncnc32)C4O)c(=O)[nH]1. The van der Waals surface area contributed by atoms with Crippen molar-refractivity contribution in [1.29, 1.82) is 0 Å². The van der Waals surface area contributed by atoms with Gasteiger partial charge in [0, 0.05) is 5.92 Å². The molecule has 20 nitrogen and oxygen atoms in total. The van der Waals surface area contributed by atoms with Gasteiger partial charge in [0.25, 0.3) is 5.56 Å². The highest BCUT2D eigenvalue weighted by Gasteiger charge is 2.53. The zero-order valence-electron chi connectivity index (χ0n) is 23.8. The maximum atomic E-state index is 13.8. The zero-order valence-corrected chi connectivity index (χ0v) is 28.2. The van der Waals surface area contributed by atoms with Crippen molar-refractivity contribution in [1.82, 2.24) is 39.0 Å². The minimum absolute atomic E-state index is 0.0247. The van der Waals surface area contributed by atoms with E-state index in [1.54, 1.807) is 0 Å².